The van der Waals surface area contributed by atoms with Crippen molar-refractivity contribution >= 4 is 17.4 Å². The molecule has 0 bridgehead atoms. The third kappa shape index (κ3) is 2.19. The predicted octanol–water partition coefficient (Wildman–Crippen LogP) is 4.50. The van der Waals surface area contributed by atoms with E-state index in [9.17, 15) is 4.79 Å². The summed E-state index contributed by atoms with van der Waals surface area (Å²) in [6.07, 6.45) is 0. The highest BCUT2D eigenvalue weighted by Crippen LogP contribution is 2.25. The van der Waals surface area contributed by atoms with Crippen LogP contribution in [0.15, 0.2) is 36.4 Å². The maximum Gasteiger partial charge on any atom is 0.194 e. The van der Waals surface area contributed by atoms with Gasteiger partial charge in [0.05, 0.1) is 5.02 Å². The first kappa shape index (κ1) is 12.8. The highest BCUT2D eigenvalue weighted by Gasteiger charge is 2.16. The van der Waals surface area contributed by atoms with Crippen LogP contribution in [-0.4, -0.2) is 5.78 Å². The molecule has 2 rings (SSSR count). The van der Waals surface area contributed by atoms with Gasteiger partial charge >= 0.3 is 0 Å². The Morgan fingerprint density at radius 2 is 1.44 bits per heavy atom. The fourth-order valence-electron chi connectivity index (χ4n) is 1.96. The summed E-state index contributed by atoms with van der Waals surface area (Å²) in [6.45, 7) is 5.87. The van der Waals surface area contributed by atoms with E-state index in [0.717, 1.165) is 22.3 Å². The van der Waals surface area contributed by atoms with Crippen molar-refractivity contribution in [3.63, 3.8) is 0 Å². The molecule has 0 radical (unpaired) electrons. The molecular formula is C16H15ClO. The van der Waals surface area contributed by atoms with E-state index in [-0.39, 0.29) is 5.78 Å². The molecule has 18 heavy (non-hydrogen) atoms. The number of carbonyl (C=O) groups is 1. The van der Waals surface area contributed by atoms with Gasteiger partial charge in [-0.3, -0.25) is 4.79 Å². The van der Waals surface area contributed by atoms with Crippen LogP contribution in [0.1, 0.15) is 32.6 Å². The Morgan fingerprint density at radius 3 is 2.11 bits per heavy atom. The van der Waals surface area contributed by atoms with Crippen molar-refractivity contribution in [2.24, 2.45) is 0 Å². The van der Waals surface area contributed by atoms with Crippen molar-refractivity contribution in [3.8, 4) is 0 Å². The van der Waals surface area contributed by atoms with E-state index in [1.54, 1.807) is 6.07 Å². The van der Waals surface area contributed by atoms with Crippen LogP contribution in [0.4, 0.5) is 0 Å². The quantitative estimate of drug-likeness (QED) is 0.725. The molecule has 0 spiro atoms. The molecule has 0 aromatic heterocycles. The van der Waals surface area contributed by atoms with Crippen LogP contribution in [0, 0.1) is 20.8 Å². The number of hydrogen-bond donors (Lipinski definition) is 0. The first-order valence-electron chi connectivity index (χ1n) is 5.88. The molecule has 1 nitrogen and oxygen atoms in total. The molecule has 0 fully saturated rings. The Hall–Kier alpha value is -1.60. The van der Waals surface area contributed by atoms with Gasteiger partial charge in [0.1, 0.15) is 0 Å². The zero-order chi connectivity index (χ0) is 13.3. The van der Waals surface area contributed by atoms with Gasteiger partial charge in [-0.2, -0.15) is 0 Å². The van der Waals surface area contributed by atoms with E-state index in [1.807, 2.05) is 51.1 Å². The molecule has 0 saturated carbocycles. The summed E-state index contributed by atoms with van der Waals surface area (Å²) in [5.74, 6) is -0.00935. The molecule has 2 aromatic carbocycles. The van der Waals surface area contributed by atoms with Gasteiger partial charge in [-0.1, -0.05) is 41.9 Å². The first-order chi connectivity index (χ1) is 8.52. The second-order valence-corrected chi connectivity index (χ2v) is 4.89. The van der Waals surface area contributed by atoms with E-state index in [2.05, 4.69) is 0 Å². The number of hydrogen-bond acceptors (Lipinski definition) is 1. The minimum atomic E-state index is -0.00935. The number of halogens is 1. The van der Waals surface area contributed by atoms with Crippen LogP contribution in [0.25, 0.3) is 0 Å². The Kier molecular flexibility index (Phi) is 3.53. The fraction of sp³-hybridized carbons (Fsp3) is 0.188. The first-order valence-corrected chi connectivity index (χ1v) is 6.26. The summed E-state index contributed by atoms with van der Waals surface area (Å²) in [5.41, 5.74) is 4.35. The Labute approximate surface area is 112 Å². The molecule has 2 aromatic rings. The average molecular weight is 259 g/mol. The molecule has 0 aliphatic rings. The van der Waals surface area contributed by atoms with Crippen LogP contribution in [0.3, 0.4) is 0 Å². The highest BCUT2D eigenvalue weighted by atomic mass is 35.5. The maximum absolute atomic E-state index is 12.5. The minimum Gasteiger partial charge on any atom is -0.289 e. The van der Waals surface area contributed by atoms with Gasteiger partial charge in [0.25, 0.3) is 0 Å². The van der Waals surface area contributed by atoms with Gasteiger partial charge in [-0.15, -0.1) is 0 Å². The normalized spacial score (nSPS) is 10.4. The summed E-state index contributed by atoms with van der Waals surface area (Å²) < 4.78 is 0. The zero-order valence-corrected chi connectivity index (χ0v) is 11.5. The van der Waals surface area contributed by atoms with Crippen molar-refractivity contribution in [3.05, 3.63) is 69.2 Å². The summed E-state index contributed by atoms with van der Waals surface area (Å²) in [7, 11) is 0. The molecule has 0 N–H and O–H groups in total. The Morgan fingerprint density at radius 1 is 0.889 bits per heavy atom. The fourth-order valence-corrected chi connectivity index (χ4v) is 2.18. The van der Waals surface area contributed by atoms with Crippen molar-refractivity contribution < 1.29 is 4.79 Å². The smallest absolute Gasteiger partial charge is 0.194 e. The molecule has 0 aliphatic heterocycles. The monoisotopic (exact) mass is 258 g/mol. The van der Waals surface area contributed by atoms with E-state index in [4.69, 9.17) is 11.6 Å². The lowest BCUT2D eigenvalue weighted by atomic mass is 9.95. The van der Waals surface area contributed by atoms with Crippen molar-refractivity contribution in [2.45, 2.75) is 20.8 Å². The van der Waals surface area contributed by atoms with Crippen molar-refractivity contribution in [1.29, 1.82) is 0 Å². The second kappa shape index (κ2) is 4.95. The van der Waals surface area contributed by atoms with Crippen LogP contribution >= 0.6 is 11.6 Å². The van der Waals surface area contributed by atoms with Gasteiger partial charge in [0.2, 0.25) is 0 Å². The van der Waals surface area contributed by atoms with E-state index in [0.29, 0.717) is 10.6 Å². The zero-order valence-electron chi connectivity index (χ0n) is 10.8. The topological polar surface area (TPSA) is 17.1 Å². The molecular weight excluding hydrogens is 244 g/mol. The maximum atomic E-state index is 12.5. The van der Waals surface area contributed by atoms with Gasteiger partial charge < -0.3 is 0 Å². The van der Waals surface area contributed by atoms with E-state index in [1.165, 1.54) is 0 Å². The molecule has 0 amide bonds. The minimum absolute atomic E-state index is 0.00935. The molecule has 0 atom stereocenters. The van der Waals surface area contributed by atoms with Crippen molar-refractivity contribution in [2.75, 3.05) is 0 Å². The third-order valence-corrected chi connectivity index (χ3v) is 3.79. The lowest BCUT2D eigenvalue weighted by Gasteiger charge is -2.10. The number of benzene rings is 2. The predicted molar refractivity (Wildman–Crippen MR) is 75.5 cm³/mol. The average Bonchev–Trinajstić information content (AvgIpc) is 2.35. The van der Waals surface area contributed by atoms with Crippen molar-refractivity contribution in [1.82, 2.24) is 0 Å². The molecule has 0 heterocycles. The lowest BCUT2D eigenvalue weighted by Crippen LogP contribution is -2.06. The summed E-state index contributed by atoms with van der Waals surface area (Å²) in [4.78, 5) is 12.5. The number of aryl methyl sites for hydroxylation is 2. The lowest BCUT2D eigenvalue weighted by molar-refractivity contribution is 0.103. The standard InChI is InChI=1S/C16H15ClO/c1-10-6-4-8-13(12(10)3)16(18)14-9-5-7-11(2)15(14)17/h4-9H,1-3H3. The number of carbonyl (C=O) groups excluding carboxylic acids is 1. The van der Waals surface area contributed by atoms with Crippen LogP contribution < -0.4 is 0 Å². The van der Waals surface area contributed by atoms with E-state index < -0.39 is 0 Å². The number of rotatable bonds is 2. The highest BCUT2D eigenvalue weighted by molar-refractivity contribution is 6.35. The molecule has 0 unspecified atom stereocenters. The second-order valence-electron chi connectivity index (χ2n) is 4.51. The SMILES string of the molecule is Cc1cccc(C(=O)c2cccc(C)c2Cl)c1C. The van der Waals surface area contributed by atoms with Gasteiger partial charge in [0, 0.05) is 11.1 Å². The van der Waals surface area contributed by atoms with Crippen LogP contribution in [0.5, 0.6) is 0 Å². The molecule has 0 aliphatic carbocycles. The molecule has 2 heteroatoms. The summed E-state index contributed by atoms with van der Waals surface area (Å²) >= 11 is 6.21. The Balaban J connectivity index is 2.55. The van der Waals surface area contributed by atoms with Gasteiger partial charge in [-0.05, 0) is 43.5 Å². The molecule has 92 valence electrons. The van der Waals surface area contributed by atoms with Gasteiger partial charge in [-0.25, -0.2) is 0 Å². The van der Waals surface area contributed by atoms with Crippen LogP contribution in [-0.2, 0) is 0 Å². The molecule has 0 saturated heterocycles. The van der Waals surface area contributed by atoms with E-state index >= 15 is 0 Å². The van der Waals surface area contributed by atoms with Gasteiger partial charge in [0.15, 0.2) is 5.78 Å². The Bertz CT molecular complexity index is 561. The third-order valence-electron chi connectivity index (χ3n) is 3.29. The summed E-state index contributed by atoms with van der Waals surface area (Å²) in [5, 5.41) is 0.545. The number of ketones is 1. The largest absolute Gasteiger partial charge is 0.289 e. The van der Waals surface area contributed by atoms with Crippen LogP contribution in [0.2, 0.25) is 5.02 Å². The summed E-state index contributed by atoms with van der Waals surface area (Å²) in [6, 6.07) is 11.3.